The number of aryl methyl sites for hydroxylation is 1. The van der Waals surface area contributed by atoms with E-state index in [1.165, 1.54) is 36.4 Å². The summed E-state index contributed by atoms with van der Waals surface area (Å²) >= 11 is 0. The first-order valence-electron chi connectivity index (χ1n) is 9.37. The van der Waals surface area contributed by atoms with Gasteiger partial charge in [-0.05, 0) is 31.2 Å². The molecule has 1 atom stereocenters. The number of carbonyl (C=O) groups is 1. The minimum Gasteiger partial charge on any atom is -0.456 e. The Bertz CT molecular complexity index is 1080. The number of guanidine groups is 1. The average Bonchev–Trinajstić information content (AvgIpc) is 2.75. The molecule has 3 N–H and O–H groups in total. The molecule has 2 aromatic rings. The summed E-state index contributed by atoms with van der Waals surface area (Å²) < 4.78 is 32.4. The molecule has 11 nitrogen and oxygen atoms in total. The van der Waals surface area contributed by atoms with Gasteiger partial charge in [0, 0.05) is 12.1 Å². The Morgan fingerprint density at radius 2 is 1.90 bits per heavy atom. The molecule has 1 aliphatic rings. The molecule has 0 radical (unpaired) electrons. The SMILES string of the molecule is Cc1ccc(S(=O)(=O)NC2=NC[NH+](CCOC(=O)c3ccc([N+](=O)[O-])cc3)CN2)cc1. The molecule has 2 aromatic carbocycles. The Morgan fingerprint density at radius 1 is 1.23 bits per heavy atom. The molecule has 0 aliphatic carbocycles. The largest absolute Gasteiger partial charge is 0.456 e. The highest BCUT2D eigenvalue weighted by Gasteiger charge is 2.21. The minimum absolute atomic E-state index is 0.105. The molecule has 0 amide bonds. The third-order valence-electron chi connectivity index (χ3n) is 4.53. The lowest BCUT2D eigenvalue weighted by Gasteiger charge is -2.24. The van der Waals surface area contributed by atoms with Crippen molar-refractivity contribution in [1.29, 1.82) is 0 Å². The third kappa shape index (κ3) is 5.99. The van der Waals surface area contributed by atoms with E-state index in [0.717, 1.165) is 10.5 Å². The highest BCUT2D eigenvalue weighted by Crippen LogP contribution is 2.12. The Morgan fingerprint density at radius 3 is 2.48 bits per heavy atom. The molecular formula is C19H22N5O6S+. The van der Waals surface area contributed by atoms with Crippen LogP contribution >= 0.6 is 0 Å². The van der Waals surface area contributed by atoms with Crippen molar-refractivity contribution in [3.63, 3.8) is 0 Å². The maximum atomic E-state index is 12.4. The number of non-ortho nitro benzene ring substituents is 1. The predicted octanol–water partition coefficient (Wildman–Crippen LogP) is -0.202. The Kier molecular flexibility index (Phi) is 6.82. The van der Waals surface area contributed by atoms with Crippen molar-refractivity contribution in [3.8, 4) is 0 Å². The van der Waals surface area contributed by atoms with Crippen LogP contribution < -0.4 is 14.9 Å². The zero-order valence-electron chi connectivity index (χ0n) is 16.7. The summed E-state index contributed by atoms with van der Waals surface area (Å²) in [5.74, 6) is -0.415. The molecule has 1 heterocycles. The van der Waals surface area contributed by atoms with Gasteiger partial charge < -0.3 is 10.1 Å². The molecule has 3 rings (SSSR count). The second-order valence-electron chi connectivity index (χ2n) is 6.88. The van der Waals surface area contributed by atoms with Crippen molar-refractivity contribution in [2.24, 2.45) is 4.99 Å². The number of nitrogens with zero attached hydrogens (tertiary/aromatic N) is 2. The van der Waals surface area contributed by atoms with E-state index in [2.05, 4.69) is 15.0 Å². The molecule has 0 fully saturated rings. The Balaban J connectivity index is 1.45. The van der Waals surface area contributed by atoms with Gasteiger partial charge in [-0.3, -0.25) is 15.0 Å². The fourth-order valence-corrected chi connectivity index (χ4v) is 3.74. The number of carbonyl (C=O) groups excluding carboxylic acids is 1. The summed E-state index contributed by atoms with van der Waals surface area (Å²) in [6.45, 7) is 3.13. The van der Waals surface area contributed by atoms with E-state index in [4.69, 9.17) is 4.74 Å². The quantitative estimate of drug-likeness (QED) is 0.302. The van der Waals surface area contributed by atoms with Gasteiger partial charge in [0.2, 0.25) is 5.96 Å². The predicted molar refractivity (Wildman–Crippen MR) is 111 cm³/mol. The van der Waals surface area contributed by atoms with E-state index in [1.807, 2.05) is 6.92 Å². The molecule has 164 valence electrons. The molecule has 12 heteroatoms. The fourth-order valence-electron chi connectivity index (χ4n) is 2.74. The Labute approximate surface area is 178 Å². The van der Waals surface area contributed by atoms with Gasteiger partial charge in [-0.15, -0.1) is 0 Å². The van der Waals surface area contributed by atoms with E-state index < -0.39 is 20.9 Å². The van der Waals surface area contributed by atoms with Crippen molar-refractivity contribution in [3.05, 3.63) is 69.8 Å². The second-order valence-corrected chi connectivity index (χ2v) is 8.56. The smallest absolute Gasteiger partial charge is 0.338 e. The van der Waals surface area contributed by atoms with Crippen molar-refractivity contribution >= 4 is 27.6 Å². The fraction of sp³-hybridized carbons (Fsp3) is 0.263. The first kappa shape index (κ1) is 22.2. The van der Waals surface area contributed by atoms with E-state index in [-0.39, 0.29) is 28.7 Å². The van der Waals surface area contributed by atoms with Gasteiger partial charge in [-0.25, -0.2) is 17.9 Å². The zero-order valence-corrected chi connectivity index (χ0v) is 17.5. The number of nitro benzene ring substituents is 1. The van der Waals surface area contributed by atoms with Gasteiger partial charge in [0.1, 0.15) is 13.2 Å². The van der Waals surface area contributed by atoms with Crippen LogP contribution in [0.3, 0.4) is 0 Å². The van der Waals surface area contributed by atoms with Crippen LogP contribution in [0.1, 0.15) is 15.9 Å². The molecule has 1 aliphatic heterocycles. The Hall–Kier alpha value is -3.51. The highest BCUT2D eigenvalue weighted by atomic mass is 32.2. The second kappa shape index (κ2) is 9.53. The highest BCUT2D eigenvalue weighted by molar-refractivity contribution is 7.90. The van der Waals surface area contributed by atoms with Crippen LogP contribution in [0.5, 0.6) is 0 Å². The van der Waals surface area contributed by atoms with Crippen molar-refractivity contribution in [2.75, 3.05) is 26.5 Å². The van der Waals surface area contributed by atoms with Crippen LogP contribution in [0, 0.1) is 17.0 Å². The summed E-state index contributed by atoms with van der Waals surface area (Å²) in [5, 5.41) is 13.6. The summed E-state index contributed by atoms with van der Waals surface area (Å²) in [5.41, 5.74) is 1.08. The third-order valence-corrected chi connectivity index (χ3v) is 5.89. The molecule has 0 saturated heterocycles. The number of benzene rings is 2. The zero-order chi connectivity index (χ0) is 22.4. The molecule has 1 unspecified atom stereocenters. The number of hydrogen-bond acceptors (Lipinski definition) is 8. The lowest BCUT2D eigenvalue weighted by atomic mass is 10.2. The van der Waals surface area contributed by atoms with Gasteiger partial charge in [0.15, 0.2) is 13.3 Å². The first-order chi connectivity index (χ1) is 14.7. The van der Waals surface area contributed by atoms with Gasteiger partial charge in [0.25, 0.3) is 15.7 Å². The van der Waals surface area contributed by atoms with Crippen molar-refractivity contribution in [2.45, 2.75) is 11.8 Å². The number of aliphatic imine (C=N–C) groups is 1. The van der Waals surface area contributed by atoms with Crippen molar-refractivity contribution < 1.29 is 27.8 Å². The molecule has 0 saturated carbocycles. The van der Waals surface area contributed by atoms with Gasteiger partial charge in [-0.1, -0.05) is 17.7 Å². The summed E-state index contributed by atoms with van der Waals surface area (Å²) in [7, 11) is -3.73. The van der Waals surface area contributed by atoms with E-state index in [0.29, 0.717) is 19.9 Å². The van der Waals surface area contributed by atoms with Gasteiger partial charge >= 0.3 is 5.97 Å². The monoisotopic (exact) mass is 448 g/mol. The van der Waals surface area contributed by atoms with Gasteiger partial charge in [0.05, 0.1) is 15.4 Å². The lowest BCUT2D eigenvalue weighted by Crippen LogP contribution is -3.15. The van der Waals surface area contributed by atoms with Crippen molar-refractivity contribution in [1.82, 2.24) is 10.0 Å². The van der Waals surface area contributed by atoms with Crippen LogP contribution in [0.25, 0.3) is 0 Å². The maximum absolute atomic E-state index is 12.4. The first-order valence-corrected chi connectivity index (χ1v) is 10.9. The van der Waals surface area contributed by atoms with E-state index >= 15 is 0 Å². The number of sulfonamides is 1. The van der Waals surface area contributed by atoms with Gasteiger partial charge in [-0.2, -0.15) is 4.99 Å². The topological polar surface area (TPSA) is 144 Å². The van der Waals surface area contributed by atoms with Crippen LogP contribution in [0.2, 0.25) is 0 Å². The van der Waals surface area contributed by atoms with Crippen LogP contribution in [0.15, 0.2) is 58.4 Å². The lowest BCUT2D eigenvalue weighted by molar-refractivity contribution is -0.903. The summed E-state index contributed by atoms with van der Waals surface area (Å²) in [6, 6.07) is 11.6. The molecular weight excluding hydrogens is 426 g/mol. The molecule has 31 heavy (non-hydrogen) atoms. The van der Waals surface area contributed by atoms with Crippen LogP contribution in [0.4, 0.5) is 5.69 Å². The number of esters is 1. The normalized spacial score (nSPS) is 16.0. The molecule has 0 spiro atoms. The number of nitrogens with one attached hydrogen (secondary N) is 3. The van der Waals surface area contributed by atoms with E-state index in [1.54, 1.807) is 12.1 Å². The van der Waals surface area contributed by atoms with Crippen LogP contribution in [-0.2, 0) is 14.8 Å². The number of quaternary nitrogens is 1. The standard InChI is InChI=1S/C19H21N5O6S/c1-14-2-8-17(9-3-14)31(28,29)22-19-20-12-23(13-21-19)10-11-30-18(25)15-4-6-16(7-5-15)24(26)27/h2-9H,10-13H2,1H3,(H2,20,21,22)/p+1. The van der Waals surface area contributed by atoms with Crippen LogP contribution in [-0.4, -0.2) is 51.8 Å². The number of hydrogen-bond donors (Lipinski definition) is 3. The average molecular weight is 448 g/mol. The maximum Gasteiger partial charge on any atom is 0.338 e. The summed E-state index contributed by atoms with van der Waals surface area (Å²) in [6.07, 6.45) is 0. The van der Waals surface area contributed by atoms with E-state index in [9.17, 15) is 23.3 Å². The number of rotatable bonds is 7. The minimum atomic E-state index is -3.73. The number of nitro groups is 1. The molecule has 0 bridgehead atoms. The molecule has 0 aromatic heterocycles. The number of ether oxygens (including phenoxy) is 1. The summed E-state index contributed by atoms with van der Waals surface area (Å²) in [4.78, 5) is 27.4.